The molecule has 1 heterocycles. The van der Waals surface area contributed by atoms with Crippen LogP contribution in [0.1, 0.15) is 34.7 Å². The summed E-state index contributed by atoms with van der Waals surface area (Å²) in [5.41, 5.74) is 1.83. The first kappa shape index (κ1) is 20.2. The molecule has 2 atom stereocenters. The van der Waals surface area contributed by atoms with Crippen LogP contribution in [0.3, 0.4) is 0 Å². The molecule has 1 aliphatic heterocycles. The van der Waals surface area contributed by atoms with E-state index in [4.69, 9.17) is 4.74 Å². The maximum Gasteiger partial charge on any atom is 0.164 e. The summed E-state index contributed by atoms with van der Waals surface area (Å²) in [6, 6.07) is 27.1. The lowest BCUT2D eigenvalue weighted by atomic mass is 9.87. The van der Waals surface area contributed by atoms with E-state index in [1.807, 2.05) is 36.4 Å². The molecular formula is C26H27NO3. The maximum absolute atomic E-state index is 12.5. The molecule has 30 heavy (non-hydrogen) atoms. The van der Waals surface area contributed by atoms with Crippen molar-refractivity contribution in [1.29, 1.82) is 0 Å². The third kappa shape index (κ3) is 5.08. The third-order valence-corrected chi connectivity index (χ3v) is 5.72. The van der Waals surface area contributed by atoms with Crippen LogP contribution in [0.2, 0.25) is 0 Å². The van der Waals surface area contributed by atoms with Gasteiger partial charge in [-0.25, -0.2) is 0 Å². The third-order valence-electron chi connectivity index (χ3n) is 5.72. The molecule has 1 fully saturated rings. The number of rotatable bonds is 7. The Labute approximate surface area is 177 Å². The number of phenols is 1. The lowest BCUT2D eigenvalue weighted by molar-refractivity contribution is 0.0736. The van der Waals surface area contributed by atoms with E-state index in [1.54, 1.807) is 18.2 Å². The molecular weight excluding hydrogens is 374 g/mol. The largest absolute Gasteiger partial charge is 0.508 e. The van der Waals surface area contributed by atoms with Crippen molar-refractivity contribution in [2.24, 2.45) is 0 Å². The van der Waals surface area contributed by atoms with E-state index in [0.717, 1.165) is 25.3 Å². The minimum atomic E-state index is 0.0600. The first-order valence-corrected chi connectivity index (χ1v) is 10.5. The molecule has 0 radical (unpaired) electrons. The Morgan fingerprint density at radius 2 is 1.70 bits per heavy atom. The Hall–Kier alpha value is -3.11. The van der Waals surface area contributed by atoms with E-state index in [2.05, 4.69) is 29.2 Å². The predicted molar refractivity (Wildman–Crippen MR) is 118 cm³/mol. The number of benzene rings is 3. The highest BCUT2D eigenvalue weighted by molar-refractivity contribution is 5.96. The fourth-order valence-corrected chi connectivity index (χ4v) is 4.12. The van der Waals surface area contributed by atoms with E-state index in [0.29, 0.717) is 18.5 Å². The lowest BCUT2D eigenvalue weighted by Crippen LogP contribution is -2.44. The number of ether oxygens (including phenoxy) is 1. The number of piperidine rings is 1. The van der Waals surface area contributed by atoms with Gasteiger partial charge in [-0.3, -0.25) is 4.79 Å². The van der Waals surface area contributed by atoms with Crippen LogP contribution < -0.4 is 4.74 Å². The number of likely N-dealkylation sites (tertiary alicyclic amines) is 1. The zero-order valence-corrected chi connectivity index (χ0v) is 17.0. The number of aromatic hydroxyl groups is 1. The summed E-state index contributed by atoms with van der Waals surface area (Å²) in [5.74, 6) is 1.33. The molecule has 0 saturated carbocycles. The lowest BCUT2D eigenvalue weighted by Gasteiger charge is -2.38. The number of carbonyl (C=O) groups excluding carboxylic acids is 1. The minimum Gasteiger partial charge on any atom is -0.508 e. The highest BCUT2D eigenvalue weighted by atomic mass is 16.5. The topological polar surface area (TPSA) is 49.8 Å². The van der Waals surface area contributed by atoms with E-state index in [9.17, 15) is 9.90 Å². The number of Topliss-reactive ketones (excluding diaryl/α,β-unsaturated/α-hetero) is 1. The van der Waals surface area contributed by atoms with Crippen molar-refractivity contribution in [1.82, 2.24) is 4.90 Å². The fraction of sp³-hybridized carbons (Fsp3) is 0.269. The van der Waals surface area contributed by atoms with Gasteiger partial charge in [-0.05, 0) is 36.2 Å². The van der Waals surface area contributed by atoms with Crippen LogP contribution in [0.15, 0.2) is 84.9 Å². The normalized spacial score (nSPS) is 19.3. The van der Waals surface area contributed by atoms with E-state index < -0.39 is 0 Å². The molecule has 0 bridgehead atoms. The summed E-state index contributed by atoms with van der Waals surface area (Å²) in [4.78, 5) is 14.9. The summed E-state index contributed by atoms with van der Waals surface area (Å²) < 4.78 is 6.36. The number of para-hydroxylation sites is 1. The van der Waals surface area contributed by atoms with Crippen molar-refractivity contribution in [2.75, 3.05) is 19.6 Å². The molecule has 3 aromatic rings. The van der Waals surface area contributed by atoms with Crippen molar-refractivity contribution in [3.63, 3.8) is 0 Å². The van der Waals surface area contributed by atoms with Crippen molar-refractivity contribution in [3.05, 3.63) is 96.1 Å². The Balaban J connectivity index is 1.42. The van der Waals surface area contributed by atoms with Crippen LogP contribution in [0.5, 0.6) is 11.5 Å². The molecule has 0 amide bonds. The van der Waals surface area contributed by atoms with Gasteiger partial charge in [0.15, 0.2) is 5.78 Å². The molecule has 4 nitrogen and oxygen atoms in total. The van der Waals surface area contributed by atoms with Crippen molar-refractivity contribution in [3.8, 4) is 11.5 Å². The van der Waals surface area contributed by atoms with Gasteiger partial charge in [-0.15, -0.1) is 0 Å². The first-order chi connectivity index (χ1) is 14.7. The standard InChI is InChI=1S/C26H27NO3/c28-22-11-7-10-21(18-22)25(29)14-16-27-17-15-26(30-23-12-5-2-6-13-23)24(19-27)20-8-3-1-4-9-20/h1-13,18,24,26,28H,14-17,19H2/t24-,26+/m1/s1. The fourth-order valence-electron chi connectivity index (χ4n) is 4.12. The van der Waals surface area contributed by atoms with Crippen LogP contribution >= 0.6 is 0 Å². The first-order valence-electron chi connectivity index (χ1n) is 10.5. The highest BCUT2D eigenvalue weighted by Gasteiger charge is 2.32. The summed E-state index contributed by atoms with van der Waals surface area (Å²) >= 11 is 0. The zero-order valence-electron chi connectivity index (χ0n) is 17.0. The van der Waals surface area contributed by atoms with Gasteiger partial charge in [0, 0.05) is 37.5 Å². The quantitative estimate of drug-likeness (QED) is 0.572. The van der Waals surface area contributed by atoms with Crippen LogP contribution in [-0.2, 0) is 0 Å². The Bertz CT molecular complexity index is 958. The molecule has 1 aliphatic rings. The summed E-state index contributed by atoms with van der Waals surface area (Å²) in [5, 5.41) is 9.61. The average Bonchev–Trinajstić information content (AvgIpc) is 2.79. The van der Waals surface area contributed by atoms with Gasteiger partial charge in [0.1, 0.15) is 17.6 Å². The van der Waals surface area contributed by atoms with Gasteiger partial charge in [-0.1, -0.05) is 60.7 Å². The van der Waals surface area contributed by atoms with Crippen LogP contribution in [0, 0.1) is 0 Å². The van der Waals surface area contributed by atoms with Gasteiger partial charge in [0.2, 0.25) is 0 Å². The van der Waals surface area contributed by atoms with Crippen molar-refractivity contribution < 1.29 is 14.6 Å². The van der Waals surface area contributed by atoms with Crippen molar-refractivity contribution in [2.45, 2.75) is 24.9 Å². The van der Waals surface area contributed by atoms with Gasteiger partial charge < -0.3 is 14.7 Å². The summed E-state index contributed by atoms with van der Waals surface area (Å²) in [7, 11) is 0. The predicted octanol–water partition coefficient (Wildman–Crippen LogP) is 4.90. The number of carbonyl (C=O) groups is 1. The van der Waals surface area contributed by atoms with Crippen molar-refractivity contribution >= 4 is 5.78 Å². The second-order valence-electron chi connectivity index (χ2n) is 7.80. The van der Waals surface area contributed by atoms with Crippen LogP contribution in [0.25, 0.3) is 0 Å². The number of nitrogens with zero attached hydrogens (tertiary/aromatic N) is 1. The second-order valence-corrected chi connectivity index (χ2v) is 7.80. The Morgan fingerprint density at radius 3 is 2.43 bits per heavy atom. The molecule has 3 aromatic carbocycles. The molecule has 1 N–H and O–H groups in total. The van der Waals surface area contributed by atoms with E-state index >= 15 is 0 Å². The van der Waals surface area contributed by atoms with Crippen LogP contribution in [-0.4, -0.2) is 41.5 Å². The number of hydrogen-bond acceptors (Lipinski definition) is 4. The highest BCUT2D eigenvalue weighted by Crippen LogP contribution is 2.31. The van der Waals surface area contributed by atoms with Gasteiger partial charge in [0.25, 0.3) is 0 Å². The molecule has 0 spiro atoms. The Morgan fingerprint density at radius 1 is 0.967 bits per heavy atom. The molecule has 1 saturated heterocycles. The van der Waals surface area contributed by atoms with Gasteiger partial charge in [-0.2, -0.15) is 0 Å². The van der Waals surface area contributed by atoms with E-state index in [1.165, 1.54) is 11.6 Å². The molecule has 0 aliphatic carbocycles. The second kappa shape index (κ2) is 9.59. The smallest absolute Gasteiger partial charge is 0.164 e. The number of phenolic OH excluding ortho intramolecular Hbond substituents is 1. The van der Waals surface area contributed by atoms with E-state index in [-0.39, 0.29) is 23.6 Å². The number of hydrogen-bond donors (Lipinski definition) is 1. The molecule has 4 rings (SSSR count). The molecule has 0 aromatic heterocycles. The maximum atomic E-state index is 12.5. The summed E-state index contributed by atoms with van der Waals surface area (Å²) in [6.07, 6.45) is 1.46. The molecule has 4 heteroatoms. The minimum absolute atomic E-state index is 0.0600. The van der Waals surface area contributed by atoms with Crippen LogP contribution in [0.4, 0.5) is 0 Å². The molecule has 154 valence electrons. The molecule has 0 unspecified atom stereocenters. The van der Waals surface area contributed by atoms with Gasteiger partial charge >= 0.3 is 0 Å². The Kier molecular flexibility index (Phi) is 6.45. The average molecular weight is 402 g/mol. The van der Waals surface area contributed by atoms with Gasteiger partial charge in [0.05, 0.1) is 0 Å². The monoisotopic (exact) mass is 401 g/mol. The number of ketones is 1. The summed E-state index contributed by atoms with van der Waals surface area (Å²) in [6.45, 7) is 2.46. The zero-order chi connectivity index (χ0) is 20.8. The SMILES string of the molecule is O=C(CCN1CC[C@H](Oc2ccccc2)[C@@H](c2ccccc2)C1)c1cccc(O)c1.